The van der Waals surface area contributed by atoms with Crippen LogP contribution in [-0.4, -0.2) is 128 Å². The molecule has 20 rings (SSSR count). The Morgan fingerprint density at radius 1 is 0.307 bits per heavy atom. The molecule has 40 heteroatoms. The normalized spacial score (nSPS) is 19.3. The van der Waals surface area contributed by atoms with Crippen LogP contribution < -0.4 is 44.2 Å². The predicted octanol–water partition coefficient (Wildman–Crippen LogP) is 19.1. The summed E-state index contributed by atoms with van der Waals surface area (Å²) < 4.78 is 166. The fourth-order valence-electron chi connectivity index (χ4n) is 18.7. The summed E-state index contributed by atoms with van der Waals surface area (Å²) in [5.41, 5.74) is 34.4. The van der Waals surface area contributed by atoms with Crippen LogP contribution in [0, 0.1) is 98.3 Å². The van der Waals surface area contributed by atoms with Gasteiger partial charge in [0.25, 0.3) is 25.7 Å². The van der Waals surface area contributed by atoms with Crippen LogP contribution in [0.5, 0.6) is 0 Å². The highest BCUT2D eigenvalue weighted by molar-refractivity contribution is 6.06. The third-order valence-electron chi connectivity index (χ3n) is 26.5. The lowest BCUT2D eigenvalue weighted by Gasteiger charge is -2.12. The van der Waals surface area contributed by atoms with Crippen molar-refractivity contribution in [1.29, 1.82) is 0 Å². The lowest BCUT2D eigenvalue weighted by molar-refractivity contribution is -0.118. The molecule has 28 nitrogen and oxygen atoms in total. The van der Waals surface area contributed by atoms with E-state index < -0.39 is 75.1 Å². The van der Waals surface area contributed by atoms with Gasteiger partial charge in [-0.3, -0.25) is 57.8 Å². The monoisotopic (exact) mass is 1920 g/mol. The Balaban J connectivity index is 0.000000129. The number of nitrogens with zero attached hydrogens (tertiary/aromatic N) is 16. The summed E-state index contributed by atoms with van der Waals surface area (Å²) in [6, 6.07) is 20.4. The summed E-state index contributed by atoms with van der Waals surface area (Å²) in [4.78, 5) is 85.2. The number of hydrogen-bond acceptors (Lipinski definition) is 20. The van der Waals surface area contributed by atoms with Crippen molar-refractivity contribution >= 4 is 113 Å². The lowest BCUT2D eigenvalue weighted by atomic mass is 9.98. The number of fused-ring (bicyclic) bond motifs is 4. The number of nitrogen functional groups attached to an aromatic ring is 4. The standard InChI is InChI=1S/4C25H23F3N6O/c4*1-12-3-4-30-8-17(12)16-5-14-6-20(31-9-18(14)24(29)23(16)28)33-25(35)22-13(2)21(22)15-7-32-34(10-15)11-19(26)27/h4*3-10,13,19,21-22H,11,29H2,1-2H3,(H,31,33,35)/t2*13-,21+,22-;2*13-,21-,22+/m1010/s1. The number of halogens is 12. The zero-order valence-corrected chi connectivity index (χ0v) is 76.2. The SMILES string of the molecule is Cc1ccncc1-c1cc2cc(NC(=O)[C@@H]3[C@@H](C)[C@H]3c3cnn(CC(F)F)c3)ncc2c(N)c1F.Cc1ccncc1-c1cc2cc(NC(=O)[C@@H]3[C@H](C)[C@H]3c3cnn(CC(F)F)c3)ncc2c(N)c1F.Cc1ccncc1-c1cc2cc(NC(=O)[C@H]3[C@@H](C)[C@@H]3c3cnn(CC(F)F)c3)ncc2c(N)c1F.Cc1ccncc1-c1cc2cc(NC(=O)[C@H]3[C@H](C)[C@@H]3c3cnn(CC(F)F)c3)ncc2c(N)c1F. The van der Waals surface area contributed by atoms with Gasteiger partial charge >= 0.3 is 0 Å². The quantitative estimate of drug-likeness (QED) is 0.0206. The Bertz CT molecular complexity index is 6610. The first kappa shape index (κ1) is 95.9. The predicted molar refractivity (Wildman–Crippen MR) is 505 cm³/mol. The number of pyridine rings is 8. The molecule has 720 valence electrons. The average molecular weight is 1920 g/mol. The van der Waals surface area contributed by atoms with E-state index in [9.17, 15) is 54.3 Å². The maximum Gasteiger partial charge on any atom is 0.257 e. The number of hydrogen-bond donors (Lipinski definition) is 8. The molecule has 16 aromatic rings. The molecule has 140 heavy (non-hydrogen) atoms. The molecule has 0 saturated heterocycles. The van der Waals surface area contributed by atoms with Gasteiger partial charge in [0, 0.05) is 213 Å². The Morgan fingerprint density at radius 3 is 0.693 bits per heavy atom. The highest BCUT2D eigenvalue weighted by Crippen LogP contribution is 2.58. The molecule has 0 radical (unpaired) electrons. The molecule has 12 aromatic heterocycles. The highest BCUT2D eigenvalue weighted by atomic mass is 19.3. The highest BCUT2D eigenvalue weighted by Gasteiger charge is 2.56. The Hall–Kier alpha value is -15.8. The minimum Gasteiger partial charge on any atom is -0.396 e. The van der Waals surface area contributed by atoms with E-state index >= 15 is 17.6 Å². The number of anilines is 8. The maximum atomic E-state index is 15.0. The Labute approximate surface area is 791 Å². The number of amides is 4. The second kappa shape index (κ2) is 39.4. The summed E-state index contributed by atoms with van der Waals surface area (Å²) in [7, 11) is 0. The number of nitrogens with one attached hydrogen (secondary N) is 4. The molecule has 4 aliphatic rings. The van der Waals surface area contributed by atoms with Crippen molar-refractivity contribution in [2.45, 2.75) is 131 Å². The molecule has 0 bridgehead atoms. The molecule has 4 saturated carbocycles. The summed E-state index contributed by atoms with van der Waals surface area (Å²) in [5.74, 6) is -3.46. The lowest BCUT2D eigenvalue weighted by Crippen LogP contribution is -2.16. The van der Waals surface area contributed by atoms with Gasteiger partial charge in [-0.15, -0.1) is 0 Å². The van der Waals surface area contributed by atoms with Gasteiger partial charge in [0.15, 0.2) is 23.3 Å². The number of benzene rings is 4. The van der Waals surface area contributed by atoms with Crippen LogP contribution in [0.15, 0.2) is 197 Å². The van der Waals surface area contributed by atoms with Crippen LogP contribution in [0.4, 0.5) is 98.7 Å². The summed E-state index contributed by atoms with van der Waals surface area (Å²) >= 11 is 0. The zero-order chi connectivity index (χ0) is 99.4. The van der Waals surface area contributed by atoms with Gasteiger partial charge in [-0.05, 0) is 190 Å². The van der Waals surface area contributed by atoms with Crippen molar-refractivity contribution in [3.8, 4) is 44.5 Å². The van der Waals surface area contributed by atoms with Crippen LogP contribution in [0.1, 0.15) is 95.9 Å². The van der Waals surface area contributed by atoms with E-state index in [1.165, 1.54) is 68.3 Å². The Kier molecular flexibility index (Phi) is 27.0. The fourth-order valence-corrected chi connectivity index (χ4v) is 18.7. The summed E-state index contributed by atoms with van der Waals surface area (Å²) in [6.07, 6.45) is 21.0. The van der Waals surface area contributed by atoms with Crippen LogP contribution >= 0.6 is 0 Å². The van der Waals surface area contributed by atoms with E-state index in [4.69, 9.17) is 22.9 Å². The largest absolute Gasteiger partial charge is 0.396 e. The van der Waals surface area contributed by atoms with Gasteiger partial charge in [0.05, 0.1) is 47.5 Å². The van der Waals surface area contributed by atoms with E-state index in [1.807, 2.05) is 55.4 Å². The number of nitrogens with two attached hydrogens (primary N) is 4. The third kappa shape index (κ3) is 19.9. The topological polar surface area (TPSA) is 395 Å². The van der Waals surface area contributed by atoms with Crippen LogP contribution in [-0.2, 0) is 45.4 Å². The molecule has 12 atom stereocenters. The first-order valence-electron chi connectivity index (χ1n) is 44.6. The minimum atomic E-state index is -2.50. The molecule has 12 N–H and O–H groups in total. The molecular weight excluding hydrogens is 1830 g/mol. The number of aromatic nitrogens is 16. The van der Waals surface area contributed by atoms with Gasteiger partial charge in [-0.25, -0.2) is 72.6 Å². The van der Waals surface area contributed by atoms with E-state index in [2.05, 4.69) is 81.5 Å². The van der Waals surface area contributed by atoms with E-state index in [1.54, 1.807) is 147 Å². The number of carbonyl (C=O) groups is 4. The number of aryl methyl sites for hydroxylation is 4. The molecular formula is C100H92F12N24O4. The molecule has 12 heterocycles. The van der Waals surface area contributed by atoms with Gasteiger partial charge in [0.1, 0.15) is 49.5 Å². The van der Waals surface area contributed by atoms with E-state index in [-0.39, 0.29) is 117 Å². The molecule has 0 spiro atoms. The van der Waals surface area contributed by atoms with E-state index in [0.717, 1.165) is 44.5 Å². The average Bonchev–Trinajstić information content (AvgIpc) is 1.72. The summed E-state index contributed by atoms with van der Waals surface area (Å²) in [6.45, 7) is 13.2. The smallest absolute Gasteiger partial charge is 0.257 e. The van der Waals surface area contributed by atoms with Crippen LogP contribution in [0.2, 0.25) is 0 Å². The van der Waals surface area contributed by atoms with E-state index in [0.29, 0.717) is 111 Å². The fraction of sp³-hybridized carbons (Fsp3) is 0.280. The molecule has 4 aliphatic carbocycles. The second-order valence-electron chi connectivity index (χ2n) is 35.7. The Morgan fingerprint density at radius 2 is 0.507 bits per heavy atom. The summed E-state index contributed by atoms with van der Waals surface area (Å²) in [5, 5.41) is 31.4. The van der Waals surface area contributed by atoms with Crippen molar-refractivity contribution in [3.63, 3.8) is 0 Å². The molecule has 4 aromatic carbocycles. The molecule has 4 amide bonds. The third-order valence-corrected chi connectivity index (χ3v) is 26.5. The zero-order valence-electron chi connectivity index (χ0n) is 76.2. The van der Waals surface area contributed by atoms with Crippen molar-refractivity contribution < 1.29 is 71.9 Å². The molecule has 0 aliphatic heterocycles. The molecule has 4 fully saturated rings. The van der Waals surface area contributed by atoms with Crippen molar-refractivity contribution in [1.82, 2.24) is 79.0 Å². The first-order chi connectivity index (χ1) is 67.0. The van der Waals surface area contributed by atoms with Gasteiger partial charge in [-0.2, -0.15) is 20.4 Å². The number of rotatable bonds is 24. The maximum absolute atomic E-state index is 15.0. The minimum absolute atomic E-state index is 0.0252. The van der Waals surface area contributed by atoms with Gasteiger partial charge < -0.3 is 44.2 Å². The number of carbonyl (C=O) groups excluding carboxylic acids is 4. The number of alkyl halides is 8. The second-order valence-corrected chi connectivity index (χ2v) is 35.7. The molecule has 0 unspecified atom stereocenters. The van der Waals surface area contributed by atoms with Crippen molar-refractivity contribution in [2.24, 2.45) is 47.3 Å². The first-order valence-corrected chi connectivity index (χ1v) is 44.6. The van der Waals surface area contributed by atoms with Crippen molar-refractivity contribution in [3.05, 3.63) is 265 Å². The van der Waals surface area contributed by atoms with Crippen LogP contribution in [0.3, 0.4) is 0 Å². The van der Waals surface area contributed by atoms with Crippen LogP contribution in [0.25, 0.3) is 87.6 Å². The van der Waals surface area contributed by atoms with Gasteiger partial charge in [0.2, 0.25) is 23.6 Å². The van der Waals surface area contributed by atoms with Crippen molar-refractivity contribution in [2.75, 3.05) is 44.2 Å². The van der Waals surface area contributed by atoms with Gasteiger partial charge in [-0.1, -0.05) is 27.7 Å².